The van der Waals surface area contributed by atoms with Gasteiger partial charge in [-0.25, -0.2) is 0 Å². The fraction of sp³-hybridized carbons (Fsp3) is 0.571. The van der Waals surface area contributed by atoms with E-state index in [1.807, 2.05) is 6.92 Å². The molecule has 0 bridgehead atoms. The van der Waals surface area contributed by atoms with E-state index < -0.39 is 28.1 Å². The van der Waals surface area contributed by atoms with Crippen LogP contribution >= 0.6 is 0 Å². The molecular formula is C14H20O6S. The highest BCUT2D eigenvalue weighted by Crippen LogP contribution is 2.28. The molecule has 118 valence electrons. The third-order valence-corrected chi connectivity index (χ3v) is 4.46. The average Bonchev–Trinajstić information content (AvgIpc) is 2.72. The van der Waals surface area contributed by atoms with Crippen molar-refractivity contribution in [1.29, 1.82) is 0 Å². The Labute approximate surface area is 124 Å². The minimum atomic E-state index is -3.85. The third-order valence-electron chi connectivity index (χ3n) is 3.16. The molecule has 2 rings (SSSR count). The van der Waals surface area contributed by atoms with Gasteiger partial charge in [-0.15, -0.1) is 0 Å². The Morgan fingerprint density at radius 2 is 1.76 bits per heavy atom. The molecule has 1 heterocycles. The number of aryl methyl sites for hydroxylation is 1. The first kappa shape index (κ1) is 16.4. The number of hydrogen-bond acceptors (Lipinski definition) is 6. The molecule has 1 saturated heterocycles. The molecule has 1 aromatic carbocycles. The predicted octanol–water partition coefficient (Wildman–Crippen LogP) is 1.21. The number of benzene rings is 1. The third kappa shape index (κ3) is 4.02. The van der Waals surface area contributed by atoms with Crippen molar-refractivity contribution < 1.29 is 27.2 Å². The molecule has 2 atom stereocenters. The average molecular weight is 316 g/mol. The number of hydrogen-bond donors (Lipinski definition) is 1. The van der Waals surface area contributed by atoms with E-state index in [0.29, 0.717) is 0 Å². The molecular weight excluding hydrogens is 296 g/mol. The second-order valence-corrected chi connectivity index (χ2v) is 7.06. The molecule has 1 fully saturated rings. The van der Waals surface area contributed by atoms with Crippen LogP contribution in [0, 0.1) is 6.92 Å². The van der Waals surface area contributed by atoms with E-state index >= 15 is 0 Å². The lowest BCUT2D eigenvalue weighted by atomic mass is 10.2. The molecule has 1 aliphatic heterocycles. The van der Waals surface area contributed by atoms with Crippen molar-refractivity contribution in [1.82, 2.24) is 0 Å². The van der Waals surface area contributed by atoms with Gasteiger partial charge in [0, 0.05) is 0 Å². The second kappa shape index (κ2) is 6.02. The fourth-order valence-corrected chi connectivity index (χ4v) is 3.05. The van der Waals surface area contributed by atoms with E-state index in [2.05, 4.69) is 0 Å². The summed E-state index contributed by atoms with van der Waals surface area (Å²) in [6.45, 7) is 4.80. The van der Waals surface area contributed by atoms with E-state index in [0.717, 1.165) is 5.56 Å². The molecule has 1 aliphatic rings. The summed E-state index contributed by atoms with van der Waals surface area (Å²) in [7, 11) is -3.85. The summed E-state index contributed by atoms with van der Waals surface area (Å²) in [6.07, 6.45) is -1.24. The summed E-state index contributed by atoms with van der Waals surface area (Å²) in [5, 5.41) is 9.24. The lowest BCUT2D eigenvalue weighted by Gasteiger charge is -2.16. The van der Waals surface area contributed by atoms with Crippen LogP contribution in [0.3, 0.4) is 0 Å². The fourth-order valence-electron chi connectivity index (χ4n) is 2.13. The SMILES string of the molecule is Cc1ccc(S(=O)(=O)OC[C@H]2OC(C)(C)O[C@@H]2CO)cc1. The van der Waals surface area contributed by atoms with Gasteiger partial charge in [-0.05, 0) is 32.9 Å². The smallest absolute Gasteiger partial charge is 0.297 e. The van der Waals surface area contributed by atoms with Gasteiger partial charge >= 0.3 is 0 Å². The summed E-state index contributed by atoms with van der Waals surface area (Å²) < 4.78 is 40.2. The molecule has 21 heavy (non-hydrogen) atoms. The van der Waals surface area contributed by atoms with Crippen LogP contribution in [0.2, 0.25) is 0 Å². The first-order valence-corrected chi connectivity index (χ1v) is 8.07. The van der Waals surface area contributed by atoms with Crippen molar-refractivity contribution in [2.75, 3.05) is 13.2 Å². The molecule has 0 saturated carbocycles. The van der Waals surface area contributed by atoms with E-state index in [1.165, 1.54) is 12.1 Å². The Morgan fingerprint density at radius 3 is 2.33 bits per heavy atom. The molecule has 1 aromatic rings. The van der Waals surface area contributed by atoms with Crippen molar-refractivity contribution in [2.24, 2.45) is 0 Å². The van der Waals surface area contributed by atoms with Crippen LogP contribution in [0.25, 0.3) is 0 Å². The highest BCUT2D eigenvalue weighted by atomic mass is 32.2. The molecule has 0 spiro atoms. The zero-order valence-electron chi connectivity index (χ0n) is 12.3. The van der Waals surface area contributed by atoms with Crippen LogP contribution in [-0.2, 0) is 23.8 Å². The number of rotatable bonds is 5. The largest absolute Gasteiger partial charge is 0.394 e. The van der Waals surface area contributed by atoms with Gasteiger partial charge in [0.1, 0.15) is 12.2 Å². The van der Waals surface area contributed by atoms with Crippen molar-refractivity contribution in [3.63, 3.8) is 0 Å². The minimum absolute atomic E-state index is 0.0897. The van der Waals surface area contributed by atoms with Crippen LogP contribution < -0.4 is 0 Å². The maximum Gasteiger partial charge on any atom is 0.297 e. The normalized spacial score (nSPS) is 25.1. The van der Waals surface area contributed by atoms with E-state index in [9.17, 15) is 13.5 Å². The van der Waals surface area contributed by atoms with Gasteiger partial charge in [-0.1, -0.05) is 17.7 Å². The highest BCUT2D eigenvalue weighted by Gasteiger charge is 2.41. The first-order chi connectivity index (χ1) is 9.73. The molecule has 0 aliphatic carbocycles. The van der Waals surface area contributed by atoms with Crippen molar-refractivity contribution in [3.8, 4) is 0 Å². The first-order valence-electron chi connectivity index (χ1n) is 6.66. The summed E-state index contributed by atoms with van der Waals surface area (Å²) in [4.78, 5) is 0.0897. The van der Waals surface area contributed by atoms with Crippen LogP contribution in [0.1, 0.15) is 19.4 Å². The van der Waals surface area contributed by atoms with Gasteiger partial charge in [-0.3, -0.25) is 4.18 Å². The zero-order valence-corrected chi connectivity index (χ0v) is 13.1. The Kier molecular flexibility index (Phi) is 4.69. The molecule has 0 radical (unpaired) electrons. The van der Waals surface area contributed by atoms with Crippen molar-refractivity contribution >= 4 is 10.1 Å². The van der Waals surface area contributed by atoms with Gasteiger partial charge in [0.15, 0.2) is 5.79 Å². The molecule has 6 nitrogen and oxygen atoms in total. The highest BCUT2D eigenvalue weighted by molar-refractivity contribution is 7.86. The van der Waals surface area contributed by atoms with Gasteiger partial charge in [-0.2, -0.15) is 8.42 Å². The summed E-state index contributed by atoms with van der Waals surface area (Å²) in [6, 6.07) is 6.38. The summed E-state index contributed by atoms with van der Waals surface area (Å²) >= 11 is 0. The maximum atomic E-state index is 12.1. The van der Waals surface area contributed by atoms with Gasteiger partial charge < -0.3 is 14.6 Å². The van der Waals surface area contributed by atoms with E-state index in [4.69, 9.17) is 13.7 Å². The second-order valence-electron chi connectivity index (χ2n) is 5.45. The molecule has 7 heteroatoms. The Balaban J connectivity index is 2.03. The predicted molar refractivity (Wildman–Crippen MR) is 75.2 cm³/mol. The quantitative estimate of drug-likeness (QED) is 0.822. The van der Waals surface area contributed by atoms with Gasteiger partial charge in [0.25, 0.3) is 10.1 Å². The van der Waals surface area contributed by atoms with Crippen molar-refractivity contribution in [3.05, 3.63) is 29.8 Å². The molecule has 0 amide bonds. The van der Waals surface area contributed by atoms with Crippen LogP contribution in [0.5, 0.6) is 0 Å². The Morgan fingerprint density at radius 1 is 1.19 bits per heavy atom. The van der Waals surface area contributed by atoms with Crippen LogP contribution in [0.15, 0.2) is 29.2 Å². The van der Waals surface area contributed by atoms with Crippen LogP contribution in [0.4, 0.5) is 0 Å². The van der Waals surface area contributed by atoms with E-state index in [1.54, 1.807) is 26.0 Å². The van der Waals surface area contributed by atoms with Gasteiger partial charge in [0.2, 0.25) is 0 Å². The summed E-state index contributed by atoms with van der Waals surface area (Å²) in [5.41, 5.74) is 0.962. The zero-order chi connectivity index (χ0) is 15.7. The lowest BCUT2D eigenvalue weighted by molar-refractivity contribution is -0.150. The number of aliphatic hydroxyl groups excluding tert-OH is 1. The summed E-state index contributed by atoms with van der Waals surface area (Å²) in [5.74, 6) is -0.866. The number of aliphatic hydroxyl groups is 1. The molecule has 0 unspecified atom stereocenters. The topological polar surface area (TPSA) is 82.1 Å². The molecule has 0 aromatic heterocycles. The lowest BCUT2D eigenvalue weighted by Crippen LogP contribution is -2.31. The Hall–Kier alpha value is -0.990. The monoisotopic (exact) mass is 316 g/mol. The van der Waals surface area contributed by atoms with Crippen molar-refractivity contribution in [2.45, 2.75) is 43.7 Å². The van der Waals surface area contributed by atoms with Gasteiger partial charge in [0.05, 0.1) is 18.1 Å². The van der Waals surface area contributed by atoms with E-state index in [-0.39, 0.29) is 18.1 Å². The molecule has 1 N–H and O–H groups in total. The minimum Gasteiger partial charge on any atom is -0.394 e. The maximum absolute atomic E-state index is 12.1. The van der Waals surface area contributed by atoms with Crippen LogP contribution in [-0.4, -0.2) is 44.7 Å². The Bertz CT molecular complexity index is 578. The number of ether oxygens (including phenoxy) is 2. The standard InChI is InChI=1S/C14H20O6S/c1-10-4-6-11(7-5-10)21(16,17)18-9-13-12(8-15)19-14(2,3)20-13/h4-7,12-13,15H,8-9H2,1-3H3/t12-,13-/m1/s1.